The van der Waals surface area contributed by atoms with E-state index in [2.05, 4.69) is 54.6 Å². The van der Waals surface area contributed by atoms with Gasteiger partial charge in [0.05, 0.1) is 13.7 Å². The van der Waals surface area contributed by atoms with Gasteiger partial charge in [0.15, 0.2) is 17.5 Å². The van der Waals surface area contributed by atoms with Crippen LogP contribution in [0.25, 0.3) is 0 Å². The van der Waals surface area contributed by atoms with Crippen molar-refractivity contribution in [3.63, 3.8) is 0 Å². The summed E-state index contributed by atoms with van der Waals surface area (Å²) in [6.07, 6.45) is 0.810. The molecular weight excluding hydrogens is 453 g/mol. The summed E-state index contributed by atoms with van der Waals surface area (Å²) >= 11 is 0. The van der Waals surface area contributed by atoms with Crippen molar-refractivity contribution in [2.75, 3.05) is 20.2 Å². The molecule has 0 atom stereocenters. The van der Waals surface area contributed by atoms with Gasteiger partial charge in [-0.1, -0.05) is 29.8 Å². The highest BCUT2D eigenvalue weighted by molar-refractivity contribution is 14.0. The lowest BCUT2D eigenvalue weighted by Crippen LogP contribution is -2.38. The van der Waals surface area contributed by atoms with Gasteiger partial charge in [0.1, 0.15) is 0 Å². The van der Waals surface area contributed by atoms with Crippen LogP contribution in [0.1, 0.15) is 29.2 Å². The average molecular weight is 483 g/mol. The van der Waals surface area contributed by atoms with Gasteiger partial charge in [-0.15, -0.1) is 24.0 Å². The first-order chi connectivity index (χ1) is 12.5. The zero-order chi connectivity index (χ0) is 18.9. The number of aryl methyl sites for hydroxylation is 2. The number of benzene rings is 2. The van der Waals surface area contributed by atoms with E-state index in [0.717, 1.165) is 31.0 Å². The minimum Gasteiger partial charge on any atom is -0.504 e. The van der Waals surface area contributed by atoms with Crippen LogP contribution in [0.15, 0.2) is 41.4 Å². The van der Waals surface area contributed by atoms with Gasteiger partial charge in [-0.05, 0) is 56.0 Å². The minimum atomic E-state index is 0. The molecular formula is C21H30IN3O2. The lowest BCUT2D eigenvalue weighted by Gasteiger charge is -2.12. The molecule has 27 heavy (non-hydrogen) atoms. The molecule has 0 aliphatic heterocycles. The molecule has 0 unspecified atom stereocenters. The summed E-state index contributed by atoms with van der Waals surface area (Å²) in [6, 6.07) is 11.9. The first-order valence-electron chi connectivity index (χ1n) is 8.97. The van der Waals surface area contributed by atoms with Crippen molar-refractivity contribution in [3.05, 3.63) is 58.7 Å². The van der Waals surface area contributed by atoms with Crippen molar-refractivity contribution in [1.29, 1.82) is 0 Å². The average Bonchev–Trinajstić information content (AvgIpc) is 2.62. The lowest BCUT2D eigenvalue weighted by molar-refractivity contribution is 0.373. The van der Waals surface area contributed by atoms with Crippen molar-refractivity contribution < 1.29 is 9.84 Å². The number of methoxy groups -OCH3 is 1. The number of rotatable bonds is 7. The quantitative estimate of drug-likeness (QED) is 0.317. The van der Waals surface area contributed by atoms with E-state index < -0.39 is 0 Å². The molecule has 0 amide bonds. The van der Waals surface area contributed by atoms with Gasteiger partial charge in [-0.2, -0.15) is 0 Å². The summed E-state index contributed by atoms with van der Waals surface area (Å²) in [5.74, 6) is 1.46. The zero-order valence-corrected chi connectivity index (χ0v) is 18.8. The first-order valence-corrected chi connectivity index (χ1v) is 8.97. The number of phenols is 1. The fourth-order valence-corrected chi connectivity index (χ4v) is 2.73. The molecule has 0 radical (unpaired) electrons. The molecule has 148 valence electrons. The number of hydrogen-bond acceptors (Lipinski definition) is 3. The Morgan fingerprint density at radius 1 is 1.11 bits per heavy atom. The van der Waals surface area contributed by atoms with Crippen LogP contribution in [0, 0.1) is 13.8 Å². The van der Waals surface area contributed by atoms with Crippen molar-refractivity contribution in [2.45, 2.75) is 33.7 Å². The highest BCUT2D eigenvalue weighted by Gasteiger charge is 2.04. The number of aromatic hydroxyl groups is 1. The Hall–Kier alpha value is -1.96. The smallest absolute Gasteiger partial charge is 0.191 e. The van der Waals surface area contributed by atoms with Crippen LogP contribution in [0.2, 0.25) is 0 Å². The van der Waals surface area contributed by atoms with Crippen molar-refractivity contribution in [3.8, 4) is 11.5 Å². The zero-order valence-electron chi connectivity index (χ0n) is 16.5. The van der Waals surface area contributed by atoms with Crippen LogP contribution in [0.5, 0.6) is 11.5 Å². The SMILES string of the molecule is CCNC(=NCc1ccc(C)cc1C)NCCc1ccc(O)c(OC)c1.I. The predicted octanol–water partition coefficient (Wildman–Crippen LogP) is 3.93. The summed E-state index contributed by atoms with van der Waals surface area (Å²) < 4.78 is 5.15. The highest BCUT2D eigenvalue weighted by atomic mass is 127. The Labute approximate surface area is 179 Å². The van der Waals surface area contributed by atoms with Crippen molar-refractivity contribution >= 4 is 29.9 Å². The molecule has 0 saturated carbocycles. The van der Waals surface area contributed by atoms with E-state index in [-0.39, 0.29) is 29.7 Å². The number of guanidine groups is 1. The summed E-state index contributed by atoms with van der Waals surface area (Å²) in [7, 11) is 1.56. The van der Waals surface area contributed by atoms with E-state index in [4.69, 9.17) is 4.74 Å². The Morgan fingerprint density at radius 3 is 2.56 bits per heavy atom. The topological polar surface area (TPSA) is 65.9 Å². The largest absolute Gasteiger partial charge is 0.504 e. The number of phenolic OH excluding ortho intramolecular Hbond substituents is 1. The third-order valence-corrected chi connectivity index (χ3v) is 4.20. The van der Waals surface area contributed by atoms with Gasteiger partial charge in [0, 0.05) is 13.1 Å². The lowest BCUT2D eigenvalue weighted by atomic mass is 10.1. The van der Waals surface area contributed by atoms with Crippen LogP contribution >= 0.6 is 24.0 Å². The van der Waals surface area contributed by atoms with Crippen molar-refractivity contribution in [2.24, 2.45) is 4.99 Å². The van der Waals surface area contributed by atoms with Crippen LogP contribution in [-0.2, 0) is 13.0 Å². The summed E-state index contributed by atoms with van der Waals surface area (Å²) in [4.78, 5) is 4.68. The Morgan fingerprint density at radius 2 is 1.89 bits per heavy atom. The molecule has 0 aliphatic rings. The Balaban J connectivity index is 0.00000364. The molecule has 2 rings (SSSR count). The summed E-state index contributed by atoms with van der Waals surface area (Å²) in [5, 5.41) is 16.3. The molecule has 5 nitrogen and oxygen atoms in total. The summed E-state index contributed by atoms with van der Waals surface area (Å²) in [6.45, 7) is 8.48. The molecule has 0 fully saturated rings. The number of nitrogens with one attached hydrogen (secondary N) is 2. The van der Waals surface area contributed by atoms with Gasteiger partial charge in [-0.25, -0.2) is 4.99 Å². The second-order valence-corrected chi connectivity index (χ2v) is 6.31. The number of aliphatic imine (C=N–C) groups is 1. The van der Waals surface area contributed by atoms with Crippen LogP contribution in [0.4, 0.5) is 0 Å². The van der Waals surface area contributed by atoms with E-state index in [0.29, 0.717) is 12.3 Å². The third-order valence-electron chi connectivity index (χ3n) is 4.20. The predicted molar refractivity (Wildman–Crippen MR) is 123 cm³/mol. The number of hydrogen-bond donors (Lipinski definition) is 3. The molecule has 0 saturated heterocycles. The van der Waals surface area contributed by atoms with Crippen LogP contribution in [0.3, 0.4) is 0 Å². The standard InChI is InChI=1S/C21H29N3O2.HI/c1-5-22-21(24-14-18-8-6-15(2)12-16(18)3)23-11-10-17-7-9-19(25)20(13-17)26-4;/h6-9,12-13,25H,5,10-11,14H2,1-4H3,(H2,22,23,24);1H. The fourth-order valence-electron chi connectivity index (χ4n) is 2.73. The molecule has 0 aliphatic carbocycles. The van der Waals surface area contributed by atoms with E-state index in [9.17, 15) is 5.11 Å². The second-order valence-electron chi connectivity index (χ2n) is 6.31. The molecule has 0 bridgehead atoms. The van der Waals surface area contributed by atoms with Crippen LogP contribution < -0.4 is 15.4 Å². The van der Waals surface area contributed by atoms with Crippen molar-refractivity contribution in [1.82, 2.24) is 10.6 Å². The maximum absolute atomic E-state index is 9.67. The molecule has 0 aromatic heterocycles. The highest BCUT2D eigenvalue weighted by Crippen LogP contribution is 2.26. The molecule has 0 spiro atoms. The maximum atomic E-state index is 9.67. The molecule has 6 heteroatoms. The number of halogens is 1. The summed E-state index contributed by atoms with van der Waals surface area (Å²) in [5.41, 5.74) is 4.86. The molecule has 2 aromatic rings. The van der Waals surface area contributed by atoms with E-state index in [1.54, 1.807) is 13.2 Å². The molecule has 2 aromatic carbocycles. The monoisotopic (exact) mass is 483 g/mol. The third kappa shape index (κ3) is 7.28. The van der Waals surface area contributed by atoms with Gasteiger partial charge in [0.25, 0.3) is 0 Å². The number of ether oxygens (including phenoxy) is 1. The fraction of sp³-hybridized carbons (Fsp3) is 0.381. The molecule has 3 N–H and O–H groups in total. The van der Waals surface area contributed by atoms with E-state index >= 15 is 0 Å². The van der Waals surface area contributed by atoms with E-state index in [1.165, 1.54) is 16.7 Å². The van der Waals surface area contributed by atoms with Gasteiger partial charge in [0.2, 0.25) is 0 Å². The van der Waals surface area contributed by atoms with Crippen LogP contribution in [-0.4, -0.2) is 31.3 Å². The van der Waals surface area contributed by atoms with E-state index in [1.807, 2.05) is 12.1 Å². The molecule has 0 heterocycles. The second kappa shape index (κ2) is 11.7. The normalized spacial score (nSPS) is 10.9. The maximum Gasteiger partial charge on any atom is 0.191 e. The van der Waals surface area contributed by atoms with Gasteiger partial charge >= 0.3 is 0 Å². The van der Waals surface area contributed by atoms with Gasteiger partial charge in [-0.3, -0.25) is 0 Å². The number of nitrogens with zero attached hydrogens (tertiary/aromatic N) is 1. The Bertz CT molecular complexity index is 763. The first kappa shape index (κ1) is 23.1. The Kier molecular flexibility index (Phi) is 9.99. The minimum absolute atomic E-state index is 0. The van der Waals surface area contributed by atoms with Gasteiger partial charge < -0.3 is 20.5 Å².